The van der Waals surface area contributed by atoms with Crippen LogP contribution in [0, 0.1) is 0 Å². The van der Waals surface area contributed by atoms with Crippen molar-refractivity contribution in [2.24, 2.45) is 0 Å². The molecule has 0 radical (unpaired) electrons. The number of methoxy groups -OCH3 is 1. The van der Waals surface area contributed by atoms with Crippen LogP contribution < -0.4 is 15.8 Å². The quantitative estimate of drug-likeness (QED) is 0.795. The van der Waals surface area contributed by atoms with Crippen molar-refractivity contribution in [2.75, 3.05) is 12.8 Å². The topological polar surface area (TPSA) is 77.2 Å². The van der Waals surface area contributed by atoms with Crippen molar-refractivity contribution in [3.8, 4) is 5.88 Å². The predicted octanol–water partition coefficient (Wildman–Crippen LogP) is 1.92. The number of nitrogen functional groups attached to an aromatic ring is 1. The zero-order valence-electron chi connectivity index (χ0n) is 12.0. The summed E-state index contributed by atoms with van der Waals surface area (Å²) in [6.45, 7) is 0.414. The number of amides is 1. The van der Waals surface area contributed by atoms with E-state index in [2.05, 4.69) is 10.3 Å². The molecule has 110 valence electrons. The number of aromatic nitrogens is 1. The summed E-state index contributed by atoms with van der Waals surface area (Å²) in [5, 5.41) is 2.87. The smallest absolute Gasteiger partial charge is 0.220 e. The average Bonchev–Trinajstić information content (AvgIpc) is 2.52. The molecule has 0 unspecified atom stereocenters. The van der Waals surface area contributed by atoms with Crippen molar-refractivity contribution in [3.63, 3.8) is 0 Å². The van der Waals surface area contributed by atoms with Gasteiger partial charge in [-0.2, -0.15) is 0 Å². The highest BCUT2D eigenvalue weighted by Gasteiger charge is 2.06. The first-order valence-electron chi connectivity index (χ1n) is 6.78. The van der Waals surface area contributed by atoms with Gasteiger partial charge in [0.25, 0.3) is 0 Å². The van der Waals surface area contributed by atoms with Gasteiger partial charge in [0.15, 0.2) is 0 Å². The Kier molecular flexibility index (Phi) is 5.15. The Morgan fingerprint density at radius 1 is 1.29 bits per heavy atom. The Labute approximate surface area is 124 Å². The second kappa shape index (κ2) is 7.28. The van der Waals surface area contributed by atoms with Crippen molar-refractivity contribution in [3.05, 3.63) is 53.7 Å². The number of nitrogens with zero attached hydrogens (tertiary/aromatic N) is 1. The van der Waals surface area contributed by atoms with Crippen LogP contribution in [0.3, 0.4) is 0 Å². The highest BCUT2D eigenvalue weighted by Crippen LogP contribution is 2.13. The first-order valence-corrected chi connectivity index (χ1v) is 6.78. The van der Waals surface area contributed by atoms with Gasteiger partial charge >= 0.3 is 0 Å². The Morgan fingerprint density at radius 2 is 2.05 bits per heavy atom. The van der Waals surface area contributed by atoms with Crippen LogP contribution in [0.4, 0.5) is 5.69 Å². The molecule has 21 heavy (non-hydrogen) atoms. The fourth-order valence-electron chi connectivity index (χ4n) is 1.97. The number of aryl methyl sites for hydroxylation is 1. The number of ether oxygens (including phenoxy) is 1. The van der Waals surface area contributed by atoms with E-state index in [0.717, 1.165) is 16.8 Å². The lowest BCUT2D eigenvalue weighted by molar-refractivity contribution is -0.121. The second-order valence-electron chi connectivity index (χ2n) is 4.69. The molecule has 5 nitrogen and oxygen atoms in total. The zero-order valence-corrected chi connectivity index (χ0v) is 12.0. The highest BCUT2D eigenvalue weighted by molar-refractivity contribution is 5.76. The van der Waals surface area contributed by atoms with Gasteiger partial charge in [-0.05, 0) is 30.2 Å². The van der Waals surface area contributed by atoms with E-state index in [9.17, 15) is 4.79 Å². The van der Waals surface area contributed by atoms with E-state index < -0.39 is 0 Å². The summed E-state index contributed by atoms with van der Waals surface area (Å²) in [4.78, 5) is 16.0. The molecular formula is C16H19N3O2. The summed E-state index contributed by atoms with van der Waals surface area (Å²) in [7, 11) is 1.56. The molecule has 0 aliphatic carbocycles. The minimum atomic E-state index is -0.00210. The van der Waals surface area contributed by atoms with Gasteiger partial charge in [-0.25, -0.2) is 4.98 Å². The second-order valence-corrected chi connectivity index (χ2v) is 4.69. The van der Waals surface area contributed by atoms with Gasteiger partial charge in [-0.3, -0.25) is 4.79 Å². The van der Waals surface area contributed by atoms with Gasteiger partial charge in [0.2, 0.25) is 11.8 Å². The maximum Gasteiger partial charge on any atom is 0.220 e. The molecule has 3 N–H and O–H groups in total. The molecule has 0 bridgehead atoms. The maximum atomic E-state index is 11.9. The molecule has 2 rings (SSSR count). The Hall–Kier alpha value is -2.56. The van der Waals surface area contributed by atoms with Crippen molar-refractivity contribution in [2.45, 2.75) is 19.4 Å². The third-order valence-corrected chi connectivity index (χ3v) is 3.14. The van der Waals surface area contributed by atoms with Crippen LogP contribution >= 0.6 is 0 Å². The predicted molar refractivity (Wildman–Crippen MR) is 81.8 cm³/mol. The lowest BCUT2D eigenvalue weighted by atomic mass is 10.1. The number of anilines is 1. The van der Waals surface area contributed by atoms with Gasteiger partial charge in [-0.15, -0.1) is 0 Å². The number of pyridine rings is 1. The van der Waals surface area contributed by atoms with E-state index in [4.69, 9.17) is 10.5 Å². The molecule has 0 aliphatic rings. The maximum absolute atomic E-state index is 11.9. The fraction of sp³-hybridized carbons (Fsp3) is 0.250. The summed E-state index contributed by atoms with van der Waals surface area (Å²) in [5.74, 6) is 0.536. The monoisotopic (exact) mass is 285 g/mol. The number of carbonyl (C=O) groups is 1. The van der Waals surface area contributed by atoms with Crippen molar-refractivity contribution in [1.29, 1.82) is 0 Å². The normalized spacial score (nSPS) is 10.1. The summed E-state index contributed by atoms with van der Waals surface area (Å²) < 4.78 is 5.14. The molecule has 1 amide bonds. The number of carbonyl (C=O) groups excluding carboxylic acids is 1. The van der Waals surface area contributed by atoms with Gasteiger partial charge < -0.3 is 15.8 Å². The largest absolute Gasteiger partial charge is 0.481 e. The molecule has 1 heterocycles. The first-order chi connectivity index (χ1) is 10.2. The molecule has 0 saturated heterocycles. The lowest BCUT2D eigenvalue weighted by Gasteiger charge is -2.08. The number of hydrogen-bond donors (Lipinski definition) is 2. The Bertz CT molecular complexity index is 597. The highest BCUT2D eigenvalue weighted by atomic mass is 16.5. The van der Waals surface area contributed by atoms with E-state index in [0.29, 0.717) is 25.3 Å². The van der Waals surface area contributed by atoms with Crippen LogP contribution in [0.25, 0.3) is 0 Å². The Morgan fingerprint density at radius 3 is 2.76 bits per heavy atom. The fourth-order valence-corrected chi connectivity index (χ4v) is 1.97. The van der Waals surface area contributed by atoms with Gasteiger partial charge in [0.1, 0.15) is 0 Å². The summed E-state index contributed by atoms with van der Waals surface area (Å²) in [5.41, 5.74) is 8.31. The average molecular weight is 285 g/mol. The molecule has 0 aliphatic heterocycles. The number of nitrogens with one attached hydrogen (secondary N) is 1. The molecule has 1 aromatic heterocycles. The van der Waals surface area contributed by atoms with Crippen LogP contribution in [-0.2, 0) is 17.8 Å². The number of rotatable bonds is 6. The Balaban J connectivity index is 1.81. The molecule has 0 spiro atoms. The number of nitrogens with two attached hydrogens (primary N) is 1. The molecule has 0 fully saturated rings. The van der Waals surface area contributed by atoms with Crippen LogP contribution in [0.2, 0.25) is 0 Å². The summed E-state index contributed by atoms with van der Waals surface area (Å²) >= 11 is 0. The van der Waals surface area contributed by atoms with Crippen LogP contribution in [0.1, 0.15) is 17.5 Å². The minimum Gasteiger partial charge on any atom is -0.481 e. The molecule has 0 saturated carbocycles. The molecular weight excluding hydrogens is 266 g/mol. The van der Waals surface area contributed by atoms with Crippen molar-refractivity contribution >= 4 is 11.6 Å². The van der Waals surface area contributed by atoms with Crippen LogP contribution in [0.15, 0.2) is 42.6 Å². The summed E-state index contributed by atoms with van der Waals surface area (Å²) in [6.07, 6.45) is 2.79. The number of hydrogen-bond acceptors (Lipinski definition) is 4. The molecule has 1 aromatic carbocycles. The van der Waals surface area contributed by atoms with Crippen LogP contribution in [-0.4, -0.2) is 18.0 Å². The lowest BCUT2D eigenvalue weighted by Crippen LogP contribution is -2.23. The summed E-state index contributed by atoms with van der Waals surface area (Å²) in [6, 6.07) is 11.3. The van der Waals surface area contributed by atoms with Gasteiger partial charge in [0.05, 0.1) is 7.11 Å². The molecule has 0 atom stereocenters. The molecule has 5 heteroatoms. The first kappa shape index (κ1) is 14.8. The standard InChI is InChI=1S/C16H19N3O2/c1-21-16-13(3-2-10-18-16)11-19-15(20)9-6-12-4-7-14(17)8-5-12/h2-5,7-8,10H,6,9,11,17H2,1H3,(H,19,20). The SMILES string of the molecule is COc1ncccc1CNC(=O)CCc1ccc(N)cc1. The van der Waals surface area contributed by atoms with Crippen LogP contribution in [0.5, 0.6) is 5.88 Å². The van der Waals surface area contributed by atoms with E-state index in [1.807, 2.05) is 36.4 Å². The van der Waals surface area contributed by atoms with Crippen molar-refractivity contribution in [1.82, 2.24) is 10.3 Å². The van der Waals surface area contributed by atoms with E-state index >= 15 is 0 Å². The third-order valence-electron chi connectivity index (χ3n) is 3.14. The van der Waals surface area contributed by atoms with Gasteiger partial charge in [0, 0.05) is 30.4 Å². The van der Waals surface area contributed by atoms with E-state index in [-0.39, 0.29) is 5.91 Å². The number of benzene rings is 1. The van der Waals surface area contributed by atoms with Gasteiger partial charge in [-0.1, -0.05) is 18.2 Å². The zero-order chi connectivity index (χ0) is 15.1. The van der Waals surface area contributed by atoms with Crippen molar-refractivity contribution < 1.29 is 9.53 Å². The molecule has 2 aromatic rings. The van der Waals surface area contributed by atoms with E-state index in [1.165, 1.54) is 0 Å². The van der Waals surface area contributed by atoms with E-state index in [1.54, 1.807) is 13.3 Å². The minimum absolute atomic E-state index is 0.00210. The third kappa shape index (κ3) is 4.49.